The Kier molecular flexibility index (Phi) is 6.37. The van der Waals surface area contributed by atoms with Gasteiger partial charge in [-0.15, -0.1) is 0 Å². The third-order valence-corrected chi connectivity index (χ3v) is 5.35. The van der Waals surface area contributed by atoms with E-state index in [9.17, 15) is 0 Å². The average Bonchev–Trinajstić information content (AvgIpc) is 3.36. The van der Waals surface area contributed by atoms with E-state index in [0.717, 1.165) is 55.1 Å². The Morgan fingerprint density at radius 3 is 2.79 bits per heavy atom. The number of para-hydroxylation sites is 1. The Morgan fingerprint density at radius 1 is 1.14 bits per heavy atom. The van der Waals surface area contributed by atoms with Crippen LogP contribution in [0.15, 0.2) is 54.2 Å². The summed E-state index contributed by atoms with van der Waals surface area (Å²) in [6.45, 7) is 5.81. The molecule has 0 unspecified atom stereocenters. The molecule has 1 aliphatic rings. The molecule has 6 heteroatoms. The van der Waals surface area contributed by atoms with Crippen molar-refractivity contribution in [3.05, 3.63) is 70.6 Å². The summed E-state index contributed by atoms with van der Waals surface area (Å²) in [7, 11) is 0. The number of aryl methyl sites for hydroxylation is 2. The minimum Gasteiger partial charge on any atom is -0.486 e. The van der Waals surface area contributed by atoms with E-state index in [1.165, 1.54) is 11.1 Å². The minimum atomic E-state index is 0.412. The second-order valence-electron chi connectivity index (χ2n) is 7.28. The lowest BCUT2D eigenvalue weighted by molar-refractivity contribution is 0.148. The number of nitrogens with zero attached hydrogens (tertiary/aromatic N) is 2. The number of benzene rings is 2. The highest BCUT2D eigenvalue weighted by Crippen LogP contribution is 2.22. The fraction of sp³-hybridized carbons (Fsp3) is 0.348. The molecule has 0 bridgehead atoms. The lowest BCUT2D eigenvalue weighted by atomic mass is 10.2. The van der Waals surface area contributed by atoms with Gasteiger partial charge in [0.25, 0.3) is 0 Å². The average molecular weight is 412 g/mol. The van der Waals surface area contributed by atoms with Crippen molar-refractivity contribution in [3.63, 3.8) is 0 Å². The van der Waals surface area contributed by atoms with Gasteiger partial charge in [-0.05, 0) is 67.4 Å². The molecule has 0 saturated carbocycles. The van der Waals surface area contributed by atoms with Crippen LogP contribution in [0.2, 0.25) is 5.02 Å². The van der Waals surface area contributed by atoms with Crippen LogP contribution in [0, 0.1) is 6.92 Å². The van der Waals surface area contributed by atoms with Crippen molar-refractivity contribution in [1.82, 2.24) is 14.9 Å². The number of ether oxygens (including phenoxy) is 2. The molecule has 0 fully saturated rings. The number of halogens is 1. The predicted octanol–water partition coefficient (Wildman–Crippen LogP) is 4.86. The Labute approximate surface area is 176 Å². The standard InChI is InChI=1S/C23H26ClN3O2/c1-17-4-2-5-21-23(17)26-22(16-29-20-8-6-19(24)7-9-20)27(21)12-3-13-28-15-18-10-11-25-14-18/h2,4-9,14,25H,3,10-13,15-16H2,1H3. The number of imidazole rings is 1. The lowest BCUT2D eigenvalue weighted by Crippen LogP contribution is -2.10. The maximum absolute atomic E-state index is 5.96. The van der Waals surface area contributed by atoms with Crippen molar-refractivity contribution in [2.24, 2.45) is 0 Å². The Morgan fingerprint density at radius 2 is 2.00 bits per heavy atom. The van der Waals surface area contributed by atoms with Gasteiger partial charge >= 0.3 is 0 Å². The topological polar surface area (TPSA) is 48.3 Å². The van der Waals surface area contributed by atoms with Crippen LogP contribution in [0.4, 0.5) is 0 Å². The van der Waals surface area contributed by atoms with Crippen LogP contribution in [0.1, 0.15) is 24.2 Å². The second kappa shape index (κ2) is 9.33. The second-order valence-corrected chi connectivity index (χ2v) is 7.71. The van der Waals surface area contributed by atoms with Gasteiger partial charge in [0.1, 0.15) is 18.2 Å². The zero-order chi connectivity index (χ0) is 20.1. The van der Waals surface area contributed by atoms with Crippen molar-refractivity contribution < 1.29 is 9.47 Å². The molecule has 0 aliphatic carbocycles. The zero-order valence-electron chi connectivity index (χ0n) is 16.7. The summed E-state index contributed by atoms with van der Waals surface area (Å²) in [4.78, 5) is 4.86. The highest BCUT2D eigenvalue weighted by molar-refractivity contribution is 6.30. The highest BCUT2D eigenvalue weighted by atomic mass is 35.5. The van der Waals surface area contributed by atoms with Crippen LogP contribution in [0.5, 0.6) is 5.75 Å². The number of fused-ring (bicyclic) bond motifs is 1. The van der Waals surface area contributed by atoms with Crippen LogP contribution in [-0.2, 0) is 17.9 Å². The molecule has 0 amide bonds. The van der Waals surface area contributed by atoms with E-state index in [1.54, 1.807) is 0 Å². The number of aromatic nitrogens is 2. The molecule has 5 nitrogen and oxygen atoms in total. The maximum Gasteiger partial charge on any atom is 0.148 e. The van der Waals surface area contributed by atoms with Crippen LogP contribution in [0.3, 0.4) is 0 Å². The summed E-state index contributed by atoms with van der Waals surface area (Å²) in [6, 6.07) is 13.7. The van der Waals surface area contributed by atoms with Gasteiger partial charge in [0.05, 0.1) is 17.6 Å². The molecule has 0 saturated heterocycles. The summed E-state index contributed by atoms with van der Waals surface area (Å²) in [6.07, 6.45) is 4.07. The van der Waals surface area contributed by atoms with E-state index < -0.39 is 0 Å². The Hall–Kier alpha value is -2.50. The van der Waals surface area contributed by atoms with Gasteiger partial charge < -0.3 is 19.4 Å². The van der Waals surface area contributed by atoms with Crippen LogP contribution >= 0.6 is 11.6 Å². The third-order valence-electron chi connectivity index (χ3n) is 5.10. The van der Waals surface area contributed by atoms with Gasteiger partial charge in [-0.3, -0.25) is 0 Å². The molecular formula is C23H26ClN3O2. The molecule has 29 heavy (non-hydrogen) atoms. The number of nitrogens with one attached hydrogen (secondary N) is 1. The fourth-order valence-corrected chi connectivity index (χ4v) is 3.66. The van der Waals surface area contributed by atoms with Gasteiger partial charge in [0.2, 0.25) is 0 Å². The van der Waals surface area contributed by atoms with Gasteiger partial charge in [-0.25, -0.2) is 4.98 Å². The first kappa shape index (κ1) is 19.8. The first-order valence-corrected chi connectivity index (χ1v) is 10.4. The summed E-state index contributed by atoms with van der Waals surface area (Å²) in [5.41, 5.74) is 4.68. The molecule has 0 radical (unpaired) electrons. The monoisotopic (exact) mass is 411 g/mol. The van der Waals surface area contributed by atoms with Gasteiger partial charge in [0.15, 0.2) is 0 Å². The summed E-state index contributed by atoms with van der Waals surface area (Å²) < 4.78 is 14.1. The van der Waals surface area contributed by atoms with Crippen LogP contribution < -0.4 is 10.1 Å². The van der Waals surface area contributed by atoms with E-state index in [4.69, 9.17) is 26.1 Å². The van der Waals surface area contributed by atoms with Crippen molar-refractivity contribution in [3.8, 4) is 5.75 Å². The Balaban J connectivity index is 1.43. The van der Waals surface area contributed by atoms with E-state index >= 15 is 0 Å². The molecule has 2 heterocycles. The van der Waals surface area contributed by atoms with Crippen molar-refractivity contribution in [1.29, 1.82) is 0 Å². The summed E-state index contributed by atoms with van der Waals surface area (Å²) in [5.74, 6) is 1.71. The molecule has 1 aromatic heterocycles. The van der Waals surface area contributed by atoms with E-state index in [2.05, 4.69) is 41.2 Å². The minimum absolute atomic E-state index is 0.412. The number of hydrogen-bond acceptors (Lipinski definition) is 4. The van der Waals surface area contributed by atoms with Crippen molar-refractivity contribution in [2.75, 3.05) is 19.8 Å². The highest BCUT2D eigenvalue weighted by Gasteiger charge is 2.13. The zero-order valence-corrected chi connectivity index (χ0v) is 17.4. The quantitative estimate of drug-likeness (QED) is 0.511. The molecule has 152 valence electrons. The fourth-order valence-electron chi connectivity index (χ4n) is 3.54. The molecule has 0 atom stereocenters. The number of rotatable bonds is 9. The number of hydrogen-bond donors (Lipinski definition) is 1. The Bertz CT molecular complexity index is 995. The smallest absolute Gasteiger partial charge is 0.148 e. The first-order chi connectivity index (χ1) is 14.2. The molecule has 3 aromatic rings. The molecule has 4 rings (SSSR count). The molecule has 2 aromatic carbocycles. The van der Waals surface area contributed by atoms with Crippen LogP contribution in [0.25, 0.3) is 11.0 Å². The molecular weight excluding hydrogens is 386 g/mol. The summed E-state index contributed by atoms with van der Waals surface area (Å²) >= 11 is 5.96. The van der Waals surface area contributed by atoms with Crippen molar-refractivity contribution >= 4 is 22.6 Å². The van der Waals surface area contributed by atoms with Gasteiger partial charge in [-0.1, -0.05) is 23.7 Å². The van der Waals surface area contributed by atoms with Crippen LogP contribution in [-0.4, -0.2) is 29.3 Å². The molecule has 1 N–H and O–H groups in total. The molecule has 0 spiro atoms. The third kappa shape index (κ3) is 4.92. The van der Waals surface area contributed by atoms with Crippen molar-refractivity contribution in [2.45, 2.75) is 32.9 Å². The van der Waals surface area contributed by atoms with E-state index in [-0.39, 0.29) is 0 Å². The maximum atomic E-state index is 5.96. The van der Waals surface area contributed by atoms with Gasteiger partial charge in [-0.2, -0.15) is 0 Å². The normalized spacial score (nSPS) is 13.5. The van der Waals surface area contributed by atoms with Gasteiger partial charge in [0, 0.05) is 24.7 Å². The van der Waals surface area contributed by atoms with E-state index in [1.807, 2.05) is 24.3 Å². The van der Waals surface area contributed by atoms with E-state index in [0.29, 0.717) is 18.2 Å². The first-order valence-electron chi connectivity index (χ1n) is 10.0. The SMILES string of the molecule is Cc1cccc2c1nc(COc1ccc(Cl)cc1)n2CCCOCC1=CNCC1. The largest absolute Gasteiger partial charge is 0.486 e. The molecule has 1 aliphatic heterocycles. The summed E-state index contributed by atoms with van der Waals surface area (Å²) in [5, 5.41) is 3.92. The lowest BCUT2D eigenvalue weighted by Gasteiger charge is -2.11. The predicted molar refractivity (Wildman–Crippen MR) is 116 cm³/mol.